The molecule has 28 heavy (non-hydrogen) atoms. The molecule has 146 valence electrons. The fraction of sp³-hybridized carbons (Fsp3) is 0.304. The summed E-state index contributed by atoms with van der Waals surface area (Å²) in [6, 6.07) is 16.5. The van der Waals surface area contributed by atoms with Crippen LogP contribution in [-0.2, 0) is 9.59 Å². The predicted octanol–water partition coefficient (Wildman–Crippen LogP) is 5.15. The average Bonchev–Trinajstić information content (AvgIpc) is 2.90. The number of hydrogen-bond acceptors (Lipinski definition) is 4. The zero-order valence-corrected chi connectivity index (χ0v) is 17.5. The van der Waals surface area contributed by atoms with E-state index >= 15 is 0 Å². The standard InChI is InChI=1S/C23H25NO3S/c1-15(2)14-27-19-12-10-18(11-13-19)24-22(25)20(17-8-6-5-7-9-17)21(23(24)26)28-16(3)4/h5-13,15-16H,14H2,1-4H3. The van der Waals surface area contributed by atoms with Crippen LogP contribution in [0.25, 0.3) is 5.57 Å². The van der Waals surface area contributed by atoms with Crippen LogP contribution < -0.4 is 9.64 Å². The topological polar surface area (TPSA) is 46.6 Å². The van der Waals surface area contributed by atoms with Crippen molar-refractivity contribution >= 4 is 34.8 Å². The first kappa shape index (κ1) is 20.2. The number of rotatable bonds is 7. The number of hydrogen-bond donors (Lipinski definition) is 0. The molecule has 0 atom stereocenters. The van der Waals surface area contributed by atoms with Crippen LogP contribution >= 0.6 is 11.8 Å². The molecular formula is C23H25NO3S. The van der Waals surface area contributed by atoms with E-state index in [2.05, 4.69) is 13.8 Å². The number of thioether (sulfide) groups is 1. The Morgan fingerprint density at radius 3 is 2.11 bits per heavy atom. The van der Waals surface area contributed by atoms with Crippen LogP contribution in [0.15, 0.2) is 59.5 Å². The van der Waals surface area contributed by atoms with Gasteiger partial charge in [0.15, 0.2) is 0 Å². The zero-order chi connectivity index (χ0) is 20.3. The van der Waals surface area contributed by atoms with Gasteiger partial charge in [0.25, 0.3) is 11.8 Å². The number of carbonyl (C=O) groups excluding carboxylic acids is 2. The lowest BCUT2D eigenvalue weighted by Gasteiger charge is -2.16. The van der Waals surface area contributed by atoms with Crippen LogP contribution in [0.4, 0.5) is 5.69 Å². The second-order valence-electron chi connectivity index (χ2n) is 7.38. The summed E-state index contributed by atoms with van der Waals surface area (Å²) in [4.78, 5) is 28.1. The molecule has 0 bridgehead atoms. The fourth-order valence-electron chi connectivity index (χ4n) is 2.90. The molecule has 0 saturated heterocycles. The minimum atomic E-state index is -0.282. The summed E-state index contributed by atoms with van der Waals surface area (Å²) in [6.07, 6.45) is 0. The van der Waals surface area contributed by atoms with E-state index in [0.717, 1.165) is 11.3 Å². The van der Waals surface area contributed by atoms with Crippen molar-refractivity contribution in [2.45, 2.75) is 32.9 Å². The Morgan fingerprint density at radius 2 is 1.54 bits per heavy atom. The molecule has 3 rings (SSSR count). The molecule has 4 nitrogen and oxygen atoms in total. The molecule has 0 aromatic heterocycles. The van der Waals surface area contributed by atoms with E-state index in [1.807, 2.05) is 44.2 Å². The summed E-state index contributed by atoms with van der Waals surface area (Å²) in [5.74, 6) is 0.604. The summed E-state index contributed by atoms with van der Waals surface area (Å²) in [7, 11) is 0. The van der Waals surface area contributed by atoms with E-state index in [1.54, 1.807) is 24.3 Å². The first-order valence-electron chi connectivity index (χ1n) is 9.46. The van der Waals surface area contributed by atoms with Crippen molar-refractivity contribution in [1.82, 2.24) is 0 Å². The van der Waals surface area contributed by atoms with Crippen LogP contribution in [0.1, 0.15) is 33.3 Å². The monoisotopic (exact) mass is 395 g/mol. The second kappa shape index (κ2) is 8.65. The summed E-state index contributed by atoms with van der Waals surface area (Å²) >= 11 is 1.43. The van der Waals surface area contributed by atoms with Crippen LogP contribution in [0, 0.1) is 5.92 Å². The molecule has 0 saturated carbocycles. The van der Waals surface area contributed by atoms with Gasteiger partial charge in [-0.15, -0.1) is 11.8 Å². The first-order valence-corrected chi connectivity index (χ1v) is 10.3. The molecule has 1 aliphatic heterocycles. The maximum atomic E-state index is 13.2. The molecule has 0 unspecified atom stereocenters. The molecule has 0 aliphatic carbocycles. The Morgan fingerprint density at radius 1 is 0.893 bits per heavy atom. The highest BCUT2D eigenvalue weighted by molar-refractivity contribution is 8.04. The normalized spacial score (nSPS) is 14.6. The third-order valence-corrected chi connectivity index (χ3v) is 5.22. The van der Waals surface area contributed by atoms with Gasteiger partial charge in [-0.1, -0.05) is 58.0 Å². The quantitative estimate of drug-likeness (QED) is 0.609. The molecule has 2 aromatic rings. The van der Waals surface area contributed by atoms with Gasteiger partial charge >= 0.3 is 0 Å². The summed E-state index contributed by atoms with van der Waals surface area (Å²) in [5.41, 5.74) is 1.80. The highest BCUT2D eigenvalue weighted by atomic mass is 32.2. The molecule has 1 aliphatic rings. The van der Waals surface area contributed by atoms with Gasteiger partial charge in [-0.2, -0.15) is 0 Å². The van der Waals surface area contributed by atoms with Gasteiger partial charge in [0.1, 0.15) is 5.75 Å². The van der Waals surface area contributed by atoms with Crippen LogP contribution in [0.5, 0.6) is 5.75 Å². The van der Waals surface area contributed by atoms with Gasteiger partial charge in [0, 0.05) is 5.25 Å². The molecule has 0 spiro atoms. The van der Waals surface area contributed by atoms with Gasteiger partial charge in [-0.05, 0) is 35.7 Å². The molecule has 5 heteroatoms. The maximum absolute atomic E-state index is 13.2. The van der Waals surface area contributed by atoms with Crippen molar-refractivity contribution < 1.29 is 14.3 Å². The van der Waals surface area contributed by atoms with Crippen molar-refractivity contribution in [3.63, 3.8) is 0 Å². The Hall–Kier alpha value is -2.53. The van der Waals surface area contributed by atoms with Crippen LogP contribution in [0.2, 0.25) is 0 Å². The van der Waals surface area contributed by atoms with Gasteiger partial charge in [-0.25, -0.2) is 4.90 Å². The van der Waals surface area contributed by atoms with E-state index in [0.29, 0.717) is 28.7 Å². The molecule has 2 amide bonds. The van der Waals surface area contributed by atoms with Crippen LogP contribution in [0.3, 0.4) is 0 Å². The van der Waals surface area contributed by atoms with E-state index < -0.39 is 0 Å². The summed E-state index contributed by atoms with van der Waals surface area (Å²) in [6.45, 7) is 8.82. The minimum absolute atomic E-state index is 0.192. The van der Waals surface area contributed by atoms with Crippen molar-refractivity contribution in [2.24, 2.45) is 5.92 Å². The smallest absolute Gasteiger partial charge is 0.272 e. The summed E-state index contributed by atoms with van der Waals surface area (Å²) in [5, 5.41) is 0.192. The Bertz CT molecular complexity index is 886. The molecule has 0 radical (unpaired) electrons. The second-order valence-corrected chi connectivity index (χ2v) is 8.97. The maximum Gasteiger partial charge on any atom is 0.272 e. The van der Waals surface area contributed by atoms with E-state index in [1.165, 1.54) is 16.7 Å². The SMILES string of the molecule is CC(C)COc1ccc(N2C(=O)C(SC(C)C)=C(c3ccccc3)C2=O)cc1. The Balaban J connectivity index is 1.92. The zero-order valence-electron chi connectivity index (χ0n) is 16.6. The molecule has 0 N–H and O–H groups in total. The number of ether oxygens (including phenoxy) is 1. The lowest BCUT2D eigenvalue weighted by atomic mass is 10.1. The number of nitrogens with zero attached hydrogens (tertiary/aromatic N) is 1. The van der Waals surface area contributed by atoms with Gasteiger partial charge in [0.2, 0.25) is 0 Å². The van der Waals surface area contributed by atoms with Crippen molar-refractivity contribution in [3.05, 3.63) is 65.1 Å². The number of benzene rings is 2. The highest BCUT2D eigenvalue weighted by Crippen LogP contribution is 2.40. The lowest BCUT2D eigenvalue weighted by Crippen LogP contribution is -2.31. The number of anilines is 1. The predicted molar refractivity (Wildman–Crippen MR) is 115 cm³/mol. The molecule has 2 aromatic carbocycles. The number of imide groups is 1. The van der Waals surface area contributed by atoms with Gasteiger partial charge in [0.05, 0.1) is 22.8 Å². The Kier molecular flexibility index (Phi) is 6.25. The molecular weight excluding hydrogens is 370 g/mol. The van der Waals surface area contributed by atoms with Gasteiger partial charge in [-0.3, -0.25) is 9.59 Å². The van der Waals surface area contributed by atoms with Crippen molar-refractivity contribution in [1.29, 1.82) is 0 Å². The largest absolute Gasteiger partial charge is 0.493 e. The van der Waals surface area contributed by atoms with Gasteiger partial charge < -0.3 is 4.74 Å². The van der Waals surface area contributed by atoms with E-state index in [9.17, 15) is 9.59 Å². The number of carbonyl (C=O) groups is 2. The summed E-state index contributed by atoms with van der Waals surface area (Å²) < 4.78 is 5.70. The third kappa shape index (κ3) is 4.30. The Labute approximate surface area is 170 Å². The lowest BCUT2D eigenvalue weighted by molar-refractivity contribution is -0.119. The average molecular weight is 396 g/mol. The number of amides is 2. The van der Waals surface area contributed by atoms with Crippen LogP contribution in [-0.4, -0.2) is 23.7 Å². The molecule has 1 heterocycles. The fourth-order valence-corrected chi connectivity index (χ4v) is 3.89. The minimum Gasteiger partial charge on any atom is -0.493 e. The van der Waals surface area contributed by atoms with E-state index in [-0.39, 0.29) is 17.1 Å². The van der Waals surface area contributed by atoms with Crippen molar-refractivity contribution in [3.8, 4) is 5.75 Å². The first-order chi connectivity index (χ1) is 13.4. The van der Waals surface area contributed by atoms with Crippen molar-refractivity contribution in [2.75, 3.05) is 11.5 Å². The highest BCUT2D eigenvalue weighted by Gasteiger charge is 2.40. The van der Waals surface area contributed by atoms with E-state index in [4.69, 9.17) is 4.74 Å². The third-order valence-electron chi connectivity index (χ3n) is 4.14. The molecule has 0 fully saturated rings.